The Balaban J connectivity index is 1.67. The molecule has 1 aliphatic heterocycles. The maximum absolute atomic E-state index is 12.4. The highest BCUT2D eigenvalue weighted by Gasteiger charge is 2.27. The number of rotatable bonds is 10. The van der Waals surface area contributed by atoms with Gasteiger partial charge in [0, 0.05) is 44.9 Å². The van der Waals surface area contributed by atoms with E-state index in [1.165, 1.54) is 11.3 Å². The molecule has 0 spiro atoms. The highest BCUT2D eigenvalue weighted by molar-refractivity contribution is 7.13. The number of carbonyl (C=O) groups is 3. The van der Waals surface area contributed by atoms with Crippen molar-refractivity contribution in [2.24, 2.45) is 5.92 Å². The first-order valence-electron chi connectivity index (χ1n) is 10.2. The van der Waals surface area contributed by atoms with Gasteiger partial charge in [0.1, 0.15) is 5.51 Å². The van der Waals surface area contributed by atoms with Crippen molar-refractivity contribution in [3.8, 4) is 0 Å². The van der Waals surface area contributed by atoms with E-state index in [4.69, 9.17) is 0 Å². The zero-order valence-electron chi connectivity index (χ0n) is 16.9. The molecule has 156 valence electrons. The molecule has 0 aliphatic carbocycles. The molecule has 9 heteroatoms. The van der Waals surface area contributed by atoms with Gasteiger partial charge in [0.05, 0.1) is 0 Å². The van der Waals surface area contributed by atoms with Crippen molar-refractivity contribution in [1.82, 2.24) is 20.0 Å². The molecule has 1 saturated heterocycles. The Kier molecular flexibility index (Phi) is 9.33. The zero-order valence-corrected chi connectivity index (χ0v) is 17.7. The number of aromatic nitrogens is 2. The Hall–Kier alpha value is -2.03. The van der Waals surface area contributed by atoms with Crippen LogP contribution >= 0.6 is 11.3 Å². The fourth-order valence-electron chi connectivity index (χ4n) is 3.43. The SMILES string of the molecule is CCCN(CCC)C(=O)CCCC(=O)N1CCC(C(=O)Nc2nncs2)CC1. The smallest absolute Gasteiger partial charge is 0.229 e. The topological polar surface area (TPSA) is 95.5 Å². The van der Waals surface area contributed by atoms with E-state index in [0.717, 1.165) is 25.9 Å². The van der Waals surface area contributed by atoms with Crippen molar-refractivity contribution in [1.29, 1.82) is 0 Å². The lowest BCUT2D eigenvalue weighted by Crippen LogP contribution is -2.41. The number of carbonyl (C=O) groups excluding carboxylic acids is 3. The molecular formula is C19H31N5O3S. The third-order valence-electron chi connectivity index (χ3n) is 4.93. The zero-order chi connectivity index (χ0) is 20.4. The van der Waals surface area contributed by atoms with E-state index >= 15 is 0 Å². The summed E-state index contributed by atoms with van der Waals surface area (Å²) < 4.78 is 0. The normalized spacial score (nSPS) is 14.7. The maximum Gasteiger partial charge on any atom is 0.229 e. The van der Waals surface area contributed by atoms with Crippen LogP contribution in [0.5, 0.6) is 0 Å². The van der Waals surface area contributed by atoms with Crippen LogP contribution < -0.4 is 5.32 Å². The van der Waals surface area contributed by atoms with E-state index in [1.54, 1.807) is 5.51 Å². The van der Waals surface area contributed by atoms with Crippen LogP contribution in [0, 0.1) is 5.92 Å². The molecule has 1 aromatic rings. The molecule has 1 fully saturated rings. The molecule has 1 aliphatic rings. The molecule has 0 bridgehead atoms. The van der Waals surface area contributed by atoms with Crippen molar-refractivity contribution >= 4 is 34.2 Å². The van der Waals surface area contributed by atoms with E-state index < -0.39 is 0 Å². The minimum absolute atomic E-state index is 0.0543. The summed E-state index contributed by atoms with van der Waals surface area (Å²) in [5, 5.41) is 10.8. The fraction of sp³-hybridized carbons (Fsp3) is 0.737. The van der Waals surface area contributed by atoms with Gasteiger partial charge < -0.3 is 15.1 Å². The number of nitrogens with one attached hydrogen (secondary N) is 1. The largest absolute Gasteiger partial charge is 0.343 e. The lowest BCUT2D eigenvalue weighted by molar-refractivity contribution is -0.135. The number of anilines is 1. The van der Waals surface area contributed by atoms with E-state index in [0.29, 0.717) is 50.3 Å². The molecule has 28 heavy (non-hydrogen) atoms. The van der Waals surface area contributed by atoms with Crippen molar-refractivity contribution in [3.05, 3.63) is 5.51 Å². The van der Waals surface area contributed by atoms with Gasteiger partial charge in [-0.15, -0.1) is 10.2 Å². The quantitative estimate of drug-likeness (QED) is 0.641. The summed E-state index contributed by atoms with van der Waals surface area (Å²) in [4.78, 5) is 40.6. The molecule has 0 aromatic carbocycles. The molecule has 1 aromatic heterocycles. The summed E-state index contributed by atoms with van der Waals surface area (Å²) in [7, 11) is 0. The van der Waals surface area contributed by atoms with Gasteiger partial charge in [0.2, 0.25) is 22.9 Å². The van der Waals surface area contributed by atoms with Gasteiger partial charge in [-0.1, -0.05) is 25.2 Å². The molecule has 0 atom stereocenters. The van der Waals surface area contributed by atoms with Crippen LogP contribution in [0.25, 0.3) is 0 Å². The minimum atomic E-state index is -0.105. The molecule has 2 heterocycles. The maximum atomic E-state index is 12.4. The number of hydrogen-bond acceptors (Lipinski definition) is 6. The molecule has 0 unspecified atom stereocenters. The van der Waals surface area contributed by atoms with Gasteiger partial charge in [0.25, 0.3) is 0 Å². The van der Waals surface area contributed by atoms with Crippen LogP contribution in [0.4, 0.5) is 5.13 Å². The van der Waals surface area contributed by atoms with Crippen LogP contribution in [0.2, 0.25) is 0 Å². The van der Waals surface area contributed by atoms with E-state index in [2.05, 4.69) is 29.4 Å². The van der Waals surface area contributed by atoms with Crippen molar-refractivity contribution < 1.29 is 14.4 Å². The lowest BCUT2D eigenvalue weighted by atomic mass is 9.95. The molecule has 3 amide bonds. The summed E-state index contributed by atoms with van der Waals surface area (Å²) in [6.45, 7) is 6.87. The Bertz CT molecular complexity index is 624. The average molecular weight is 410 g/mol. The third kappa shape index (κ3) is 6.85. The predicted octanol–water partition coefficient (Wildman–Crippen LogP) is 2.53. The molecule has 1 N–H and O–H groups in total. The molecule has 2 rings (SSSR count). The molecule has 8 nitrogen and oxygen atoms in total. The molecule has 0 radical (unpaired) electrons. The number of likely N-dealkylation sites (tertiary alicyclic amines) is 1. The Morgan fingerprint density at radius 1 is 1.18 bits per heavy atom. The third-order valence-corrected chi connectivity index (χ3v) is 5.54. The summed E-state index contributed by atoms with van der Waals surface area (Å²) >= 11 is 1.29. The first-order valence-corrected chi connectivity index (χ1v) is 11.1. The number of hydrogen-bond donors (Lipinski definition) is 1. The lowest BCUT2D eigenvalue weighted by Gasteiger charge is -2.31. The van der Waals surface area contributed by atoms with Crippen LogP contribution in [-0.2, 0) is 14.4 Å². The Labute approximate surface area is 170 Å². The minimum Gasteiger partial charge on any atom is -0.343 e. The first-order chi connectivity index (χ1) is 13.5. The summed E-state index contributed by atoms with van der Waals surface area (Å²) in [5.41, 5.74) is 1.57. The van der Waals surface area contributed by atoms with Gasteiger partial charge in [-0.05, 0) is 32.1 Å². The summed E-state index contributed by atoms with van der Waals surface area (Å²) in [6, 6.07) is 0. The van der Waals surface area contributed by atoms with Crippen LogP contribution in [0.15, 0.2) is 5.51 Å². The van der Waals surface area contributed by atoms with E-state index in [9.17, 15) is 14.4 Å². The van der Waals surface area contributed by atoms with Crippen LogP contribution in [-0.4, -0.2) is 63.9 Å². The molecule has 0 saturated carbocycles. The fourth-order valence-corrected chi connectivity index (χ4v) is 3.88. The Morgan fingerprint density at radius 3 is 2.43 bits per heavy atom. The van der Waals surface area contributed by atoms with Crippen molar-refractivity contribution in [2.45, 2.75) is 58.8 Å². The van der Waals surface area contributed by atoms with E-state index in [1.807, 2.05) is 9.80 Å². The monoisotopic (exact) mass is 409 g/mol. The second-order valence-corrected chi connectivity index (χ2v) is 7.96. The highest BCUT2D eigenvalue weighted by atomic mass is 32.1. The molecular weight excluding hydrogens is 378 g/mol. The second-order valence-electron chi connectivity index (χ2n) is 7.12. The van der Waals surface area contributed by atoms with Crippen LogP contribution in [0.1, 0.15) is 58.8 Å². The average Bonchev–Trinajstić information content (AvgIpc) is 3.20. The standard InChI is InChI=1S/C19H31N5O3S/c1-3-10-23(11-4-2)16(25)6-5-7-17(26)24-12-8-15(9-13-24)18(27)21-19-22-20-14-28-19/h14-15H,3-13H2,1-2H3,(H,21,22,27). The van der Waals surface area contributed by atoms with Gasteiger partial charge in [-0.2, -0.15) is 0 Å². The van der Waals surface area contributed by atoms with Crippen LogP contribution in [0.3, 0.4) is 0 Å². The predicted molar refractivity (Wildman–Crippen MR) is 109 cm³/mol. The van der Waals surface area contributed by atoms with Gasteiger partial charge >= 0.3 is 0 Å². The van der Waals surface area contributed by atoms with Gasteiger partial charge in [0.15, 0.2) is 0 Å². The first kappa shape index (κ1) is 22.3. The Morgan fingerprint density at radius 2 is 1.86 bits per heavy atom. The van der Waals surface area contributed by atoms with E-state index in [-0.39, 0.29) is 23.6 Å². The van der Waals surface area contributed by atoms with Gasteiger partial charge in [-0.25, -0.2) is 0 Å². The number of amides is 3. The van der Waals surface area contributed by atoms with Gasteiger partial charge in [-0.3, -0.25) is 14.4 Å². The number of piperidine rings is 1. The highest BCUT2D eigenvalue weighted by Crippen LogP contribution is 2.21. The van der Waals surface area contributed by atoms with Crippen molar-refractivity contribution in [3.63, 3.8) is 0 Å². The number of nitrogens with zero attached hydrogens (tertiary/aromatic N) is 4. The van der Waals surface area contributed by atoms with Crippen molar-refractivity contribution in [2.75, 3.05) is 31.5 Å². The summed E-state index contributed by atoms with van der Waals surface area (Å²) in [6.07, 6.45) is 4.59. The second kappa shape index (κ2) is 11.7. The summed E-state index contributed by atoms with van der Waals surface area (Å²) in [5.74, 6) is 0.0597.